The number of hydrogen-bond donors (Lipinski definition) is 1. The summed E-state index contributed by atoms with van der Waals surface area (Å²) in [7, 11) is 0. The van der Waals surface area contributed by atoms with Crippen LogP contribution in [0.5, 0.6) is 0 Å². The molecule has 0 aliphatic heterocycles. The summed E-state index contributed by atoms with van der Waals surface area (Å²) in [5, 5.41) is 6.46. The van der Waals surface area contributed by atoms with Crippen molar-refractivity contribution in [2.75, 3.05) is 0 Å². The van der Waals surface area contributed by atoms with Crippen LogP contribution in [0.1, 0.15) is 29.5 Å². The molecule has 1 N–H and O–H groups in total. The van der Waals surface area contributed by atoms with Crippen LogP contribution in [0, 0.1) is 5.92 Å². The van der Waals surface area contributed by atoms with Gasteiger partial charge in [-0.3, -0.25) is 9.89 Å². The van der Waals surface area contributed by atoms with Crippen molar-refractivity contribution in [2.45, 2.75) is 24.6 Å². The molecule has 1 saturated carbocycles. The highest BCUT2D eigenvalue weighted by molar-refractivity contribution is 5.47. The number of hydrogen-bond acceptors (Lipinski definition) is 3. The number of benzene rings is 1. The summed E-state index contributed by atoms with van der Waals surface area (Å²) in [5.74, 6) is -0.0567. The summed E-state index contributed by atoms with van der Waals surface area (Å²) >= 11 is 0. The summed E-state index contributed by atoms with van der Waals surface area (Å²) in [6, 6.07) is 4.90. The monoisotopic (exact) mass is 310 g/mol. The number of alkyl halides is 3. The lowest BCUT2D eigenvalue weighted by Crippen LogP contribution is -2.33. The first-order valence-corrected chi connectivity index (χ1v) is 6.77. The van der Waals surface area contributed by atoms with E-state index in [-0.39, 0.29) is 12.4 Å². The highest BCUT2D eigenvalue weighted by atomic mass is 19.4. The van der Waals surface area contributed by atoms with E-state index in [1.54, 1.807) is 12.3 Å². The summed E-state index contributed by atoms with van der Waals surface area (Å²) in [6.07, 6.45) is 0.109. The standard InChI is InChI=1S/C15H13F3N2O2/c16-15(17,18)12-3-1-2-11(6-12)14(22-9-21,10-4-5-10)13-7-19-20-8-13/h1-3,6-10H,4-5H2,(H,19,20). The van der Waals surface area contributed by atoms with Crippen LogP contribution in [0.4, 0.5) is 13.2 Å². The van der Waals surface area contributed by atoms with Crippen LogP contribution in [0.15, 0.2) is 36.7 Å². The van der Waals surface area contributed by atoms with Crippen molar-refractivity contribution in [3.05, 3.63) is 53.3 Å². The fourth-order valence-corrected chi connectivity index (χ4v) is 2.82. The molecule has 1 fully saturated rings. The number of aromatic amines is 1. The van der Waals surface area contributed by atoms with Gasteiger partial charge in [0, 0.05) is 23.2 Å². The van der Waals surface area contributed by atoms with Gasteiger partial charge in [-0.15, -0.1) is 0 Å². The number of ether oxygens (including phenoxy) is 1. The van der Waals surface area contributed by atoms with Gasteiger partial charge in [0.05, 0.1) is 11.8 Å². The van der Waals surface area contributed by atoms with E-state index in [4.69, 9.17) is 4.74 Å². The maximum absolute atomic E-state index is 13.0. The average Bonchev–Trinajstić information content (AvgIpc) is 3.19. The van der Waals surface area contributed by atoms with Gasteiger partial charge in [0.15, 0.2) is 5.60 Å². The summed E-state index contributed by atoms with van der Waals surface area (Å²) in [4.78, 5) is 11.0. The molecule has 3 rings (SSSR count). The van der Waals surface area contributed by atoms with Gasteiger partial charge in [0.2, 0.25) is 0 Å². The first kappa shape index (κ1) is 14.6. The Morgan fingerprint density at radius 2 is 1.95 bits per heavy atom. The minimum atomic E-state index is -4.46. The van der Waals surface area contributed by atoms with Crippen molar-refractivity contribution < 1.29 is 22.7 Å². The Morgan fingerprint density at radius 1 is 1.23 bits per heavy atom. The lowest BCUT2D eigenvalue weighted by molar-refractivity contribution is -0.143. The van der Waals surface area contributed by atoms with Crippen LogP contribution in [-0.2, 0) is 21.3 Å². The van der Waals surface area contributed by atoms with Gasteiger partial charge >= 0.3 is 6.18 Å². The normalized spacial score (nSPS) is 17.8. The molecule has 1 aliphatic carbocycles. The third-order valence-electron chi connectivity index (χ3n) is 3.93. The van der Waals surface area contributed by atoms with Gasteiger partial charge in [-0.05, 0) is 25.0 Å². The first-order chi connectivity index (χ1) is 10.5. The molecule has 1 aromatic heterocycles. The van der Waals surface area contributed by atoms with E-state index in [1.807, 2.05) is 0 Å². The minimum Gasteiger partial charge on any atom is -0.451 e. The first-order valence-electron chi connectivity index (χ1n) is 6.77. The van der Waals surface area contributed by atoms with Gasteiger partial charge in [-0.1, -0.05) is 12.1 Å². The quantitative estimate of drug-likeness (QED) is 0.863. The maximum atomic E-state index is 13.0. The molecule has 4 nitrogen and oxygen atoms in total. The molecule has 0 spiro atoms. The number of carbonyl (C=O) groups is 1. The molecule has 116 valence electrons. The topological polar surface area (TPSA) is 55.0 Å². The van der Waals surface area contributed by atoms with Gasteiger partial charge in [-0.25, -0.2) is 0 Å². The van der Waals surface area contributed by atoms with Crippen molar-refractivity contribution in [1.29, 1.82) is 0 Å². The highest BCUT2D eigenvalue weighted by Crippen LogP contribution is 2.52. The summed E-state index contributed by atoms with van der Waals surface area (Å²) in [5.41, 5.74) is -1.15. The molecular formula is C15H13F3N2O2. The highest BCUT2D eigenvalue weighted by Gasteiger charge is 2.51. The Bertz CT molecular complexity index is 666. The predicted octanol–water partition coefficient (Wildman–Crippen LogP) is 3.26. The van der Waals surface area contributed by atoms with E-state index in [0.717, 1.165) is 25.0 Å². The van der Waals surface area contributed by atoms with E-state index < -0.39 is 17.3 Å². The molecule has 1 aromatic carbocycles. The van der Waals surface area contributed by atoms with E-state index in [9.17, 15) is 18.0 Å². The van der Waals surface area contributed by atoms with Gasteiger partial charge < -0.3 is 4.74 Å². The number of H-pyrrole nitrogens is 1. The molecule has 0 radical (unpaired) electrons. The fraction of sp³-hybridized carbons (Fsp3) is 0.333. The second-order valence-corrected chi connectivity index (χ2v) is 5.29. The van der Waals surface area contributed by atoms with Crippen LogP contribution >= 0.6 is 0 Å². The molecule has 2 aromatic rings. The zero-order valence-electron chi connectivity index (χ0n) is 11.4. The minimum absolute atomic E-state index is 0.0567. The van der Waals surface area contributed by atoms with Crippen LogP contribution in [-0.4, -0.2) is 16.7 Å². The predicted molar refractivity (Wildman–Crippen MR) is 70.7 cm³/mol. The van der Waals surface area contributed by atoms with Crippen LogP contribution in [0.25, 0.3) is 0 Å². The second-order valence-electron chi connectivity index (χ2n) is 5.29. The Kier molecular flexibility index (Phi) is 3.42. The molecular weight excluding hydrogens is 297 g/mol. The van der Waals surface area contributed by atoms with Crippen molar-refractivity contribution in [2.24, 2.45) is 5.92 Å². The Labute approximate surface area is 124 Å². The fourth-order valence-electron chi connectivity index (χ4n) is 2.82. The third kappa shape index (κ3) is 2.36. The van der Waals surface area contributed by atoms with Crippen molar-refractivity contribution in [3.63, 3.8) is 0 Å². The van der Waals surface area contributed by atoms with E-state index in [1.165, 1.54) is 12.3 Å². The zero-order chi connectivity index (χ0) is 15.8. The Morgan fingerprint density at radius 3 is 2.50 bits per heavy atom. The number of carbonyl (C=O) groups excluding carboxylic acids is 1. The Balaban J connectivity index is 2.16. The summed E-state index contributed by atoms with van der Waals surface area (Å²) < 4.78 is 44.3. The van der Waals surface area contributed by atoms with Crippen LogP contribution < -0.4 is 0 Å². The second kappa shape index (κ2) is 5.15. The number of halogens is 3. The third-order valence-corrected chi connectivity index (χ3v) is 3.93. The van der Waals surface area contributed by atoms with Crippen LogP contribution in [0.2, 0.25) is 0 Å². The number of nitrogens with one attached hydrogen (secondary N) is 1. The SMILES string of the molecule is O=COC(c1cn[nH]c1)(c1cccc(C(F)(F)F)c1)C1CC1. The molecule has 7 heteroatoms. The van der Waals surface area contributed by atoms with Crippen LogP contribution in [0.3, 0.4) is 0 Å². The van der Waals surface area contributed by atoms with E-state index in [0.29, 0.717) is 11.1 Å². The van der Waals surface area contributed by atoms with E-state index in [2.05, 4.69) is 10.2 Å². The lowest BCUT2D eigenvalue weighted by atomic mass is 9.82. The largest absolute Gasteiger partial charge is 0.451 e. The van der Waals surface area contributed by atoms with E-state index >= 15 is 0 Å². The van der Waals surface area contributed by atoms with Gasteiger partial charge in [-0.2, -0.15) is 18.3 Å². The average molecular weight is 310 g/mol. The molecule has 0 saturated heterocycles. The maximum Gasteiger partial charge on any atom is 0.416 e. The lowest BCUT2D eigenvalue weighted by Gasteiger charge is -2.32. The molecule has 1 atom stereocenters. The Hall–Kier alpha value is -2.31. The molecule has 0 amide bonds. The molecule has 0 bridgehead atoms. The number of nitrogens with zero attached hydrogens (tertiary/aromatic N) is 1. The van der Waals surface area contributed by atoms with Gasteiger partial charge in [0.25, 0.3) is 6.47 Å². The summed E-state index contributed by atoms with van der Waals surface area (Å²) in [6.45, 7) is 0.283. The molecule has 1 heterocycles. The van der Waals surface area contributed by atoms with Crippen molar-refractivity contribution >= 4 is 6.47 Å². The number of rotatable bonds is 5. The zero-order valence-corrected chi connectivity index (χ0v) is 11.4. The van der Waals surface area contributed by atoms with Crippen molar-refractivity contribution in [1.82, 2.24) is 10.2 Å². The smallest absolute Gasteiger partial charge is 0.416 e. The number of aromatic nitrogens is 2. The van der Waals surface area contributed by atoms with Gasteiger partial charge in [0.1, 0.15) is 0 Å². The molecule has 22 heavy (non-hydrogen) atoms. The van der Waals surface area contributed by atoms with Crippen molar-refractivity contribution in [3.8, 4) is 0 Å². The molecule has 1 unspecified atom stereocenters. The molecule has 1 aliphatic rings.